The molecule has 1 aromatic heterocycles. The van der Waals surface area contributed by atoms with Crippen LogP contribution in [-0.2, 0) is 4.79 Å². The Morgan fingerprint density at radius 1 is 0.930 bits per heavy atom. The first kappa shape index (κ1) is 33.8. The van der Waals surface area contributed by atoms with Crippen molar-refractivity contribution in [2.45, 2.75) is 71.3 Å². The lowest BCUT2D eigenvalue weighted by Crippen LogP contribution is -2.40. The molecule has 0 aliphatic rings. The number of benzene rings is 2. The maximum atomic E-state index is 14.2. The summed E-state index contributed by atoms with van der Waals surface area (Å²) in [4.78, 5) is 36.7. The van der Waals surface area contributed by atoms with Crippen LogP contribution in [0.4, 0.5) is 4.39 Å². The lowest BCUT2D eigenvalue weighted by Gasteiger charge is -2.32. The zero-order chi connectivity index (χ0) is 31.5. The largest absolute Gasteiger partial charge is 0.493 e. The average Bonchev–Trinajstić information content (AvgIpc) is 2.99. The van der Waals surface area contributed by atoms with Crippen LogP contribution in [0.3, 0.4) is 0 Å². The van der Waals surface area contributed by atoms with E-state index in [-0.39, 0.29) is 22.6 Å². The van der Waals surface area contributed by atoms with Crippen molar-refractivity contribution < 1.29 is 23.4 Å². The van der Waals surface area contributed by atoms with Crippen LogP contribution in [0.1, 0.15) is 77.1 Å². The minimum Gasteiger partial charge on any atom is -0.493 e. The van der Waals surface area contributed by atoms with Crippen LogP contribution in [0.25, 0.3) is 16.6 Å². The number of carbonyl (C=O) groups is 1. The van der Waals surface area contributed by atoms with Gasteiger partial charge in [0, 0.05) is 19.5 Å². The van der Waals surface area contributed by atoms with E-state index in [2.05, 4.69) is 6.92 Å². The van der Waals surface area contributed by atoms with Gasteiger partial charge in [-0.1, -0.05) is 45.4 Å². The van der Waals surface area contributed by atoms with Gasteiger partial charge in [0.05, 0.1) is 38.4 Å². The second-order valence-corrected chi connectivity index (χ2v) is 11.1. The van der Waals surface area contributed by atoms with Crippen molar-refractivity contribution in [3.63, 3.8) is 0 Å². The van der Waals surface area contributed by atoms with E-state index in [0.29, 0.717) is 42.5 Å². The molecule has 3 rings (SSSR count). The second kappa shape index (κ2) is 16.3. The molecule has 1 unspecified atom stereocenters. The Kier molecular flexibility index (Phi) is 12.8. The quantitative estimate of drug-likeness (QED) is 0.173. The first-order valence-electron chi connectivity index (χ1n) is 15.1. The van der Waals surface area contributed by atoms with Crippen molar-refractivity contribution in [2.75, 3.05) is 48.5 Å². The van der Waals surface area contributed by atoms with Crippen molar-refractivity contribution >= 4 is 16.8 Å². The van der Waals surface area contributed by atoms with Gasteiger partial charge in [0.2, 0.25) is 11.7 Å². The fraction of sp³-hybridized carbons (Fsp3) is 0.545. The fourth-order valence-corrected chi connectivity index (χ4v) is 5.28. The van der Waals surface area contributed by atoms with Crippen LogP contribution in [-0.4, -0.2) is 73.8 Å². The lowest BCUT2D eigenvalue weighted by molar-refractivity contribution is -0.133. The molecular formula is C33H47FN4O5. The molecule has 0 N–H and O–H groups in total. The number of ether oxygens (including phenoxy) is 3. The Labute approximate surface area is 254 Å². The number of likely N-dealkylation sites (N-methyl/N-ethyl adjacent to an activating group) is 1. The molecule has 0 radical (unpaired) electrons. The molecule has 0 bridgehead atoms. The predicted octanol–water partition coefficient (Wildman–Crippen LogP) is 6.14. The highest BCUT2D eigenvalue weighted by Crippen LogP contribution is 2.42. The Bertz CT molecular complexity index is 1410. The van der Waals surface area contributed by atoms with Crippen LogP contribution in [0.5, 0.6) is 17.2 Å². The van der Waals surface area contributed by atoms with Gasteiger partial charge in [-0.3, -0.25) is 14.2 Å². The van der Waals surface area contributed by atoms with E-state index < -0.39 is 17.4 Å². The number of hydrogen-bond acceptors (Lipinski definition) is 7. The summed E-state index contributed by atoms with van der Waals surface area (Å²) in [5.41, 5.74) is 0.325. The number of aromatic nitrogens is 2. The van der Waals surface area contributed by atoms with Crippen molar-refractivity contribution in [1.82, 2.24) is 19.4 Å². The topological polar surface area (TPSA) is 86.1 Å². The lowest BCUT2D eigenvalue weighted by atomic mass is 10.1. The standard InChI is InChI=1S/C33H47FN4O5/c1-8-9-10-11-12-13-14-15-28(39)37(21-20-36(3)4)23(2)32-35-29-26(22-27(41-5)30(42-6)31(29)43-7)33(40)38(32)25-18-16-24(34)17-19-25/h16-19,22-23H,8-15,20-21H2,1-7H3. The van der Waals surface area contributed by atoms with Crippen LogP contribution in [0.2, 0.25) is 0 Å². The molecule has 10 heteroatoms. The van der Waals surface area contributed by atoms with Crippen molar-refractivity contribution in [3.05, 3.63) is 52.3 Å². The number of fused-ring (bicyclic) bond motifs is 1. The summed E-state index contributed by atoms with van der Waals surface area (Å²) in [6, 6.07) is 6.63. The van der Waals surface area contributed by atoms with Crippen molar-refractivity contribution in [2.24, 2.45) is 0 Å². The van der Waals surface area contributed by atoms with Gasteiger partial charge in [-0.2, -0.15) is 0 Å². The molecule has 236 valence electrons. The minimum absolute atomic E-state index is 0.00202. The van der Waals surface area contributed by atoms with Gasteiger partial charge in [-0.25, -0.2) is 9.37 Å². The molecule has 2 aromatic carbocycles. The van der Waals surface area contributed by atoms with Crippen molar-refractivity contribution in [1.29, 1.82) is 0 Å². The number of amides is 1. The summed E-state index contributed by atoms with van der Waals surface area (Å²) in [6.07, 6.45) is 8.18. The predicted molar refractivity (Wildman–Crippen MR) is 168 cm³/mol. The summed E-state index contributed by atoms with van der Waals surface area (Å²) in [6.45, 7) is 5.16. The van der Waals surface area contributed by atoms with E-state index in [9.17, 15) is 14.0 Å². The normalized spacial score (nSPS) is 12.0. The van der Waals surface area contributed by atoms with Gasteiger partial charge in [0.15, 0.2) is 11.5 Å². The van der Waals surface area contributed by atoms with Gasteiger partial charge in [0.1, 0.15) is 17.2 Å². The summed E-state index contributed by atoms with van der Waals surface area (Å²) >= 11 is 0. The maximum Gasteiger partial charge on any atom is 0.266 e. The van der Waals surface area contributed by atoms with E-state index >= 15 is 0 Å². The van der Waals surface area contributed by atoms with Gasteiger partial charge in [-0.05, 0) is 57.8 Å². The Hall–Kier alpha value is -3.66. The fourth-order valence-electron chi connectivity index (χ4n) is 5.28. The average molecular weight is 599 g/mol. The number of nitrogens with zero attached hydrogens (tertiary/aromatic N) is 4. The molecule has 0 aliphatic heterocycles. The Morgan fingerprint density at radius 2 is 1.56 bits per heavy atom. The maximum absolute atomic E-state index is 14.2. The van der Waals surface area contributed by atoms with Crippen LogP contribution in [0.15, 0.2) is 35.1 Å². The molecule has 1 heterocycles. The van der Waals surface area contributed by atoms with E-state index in [4.69, 9.17) is 19.2 Å². The SMILES string of the molecule is CCCCCCCCCC(=O)N(CCN(C)C)C(C)c1nc2c(OC)c(OC)c(OC)cc2c(=O)n1-c1ccc(F)cc1. The number of methoxy groups -OCH3 is 3. The molecule has 1 atom stereocenters. The molecule has 3 aromatic rings. The summed E-state index contributed by atoms with van der Waals surface area (Å²) < 4.78 is 32.1. The molecule has 9 nitrogen and oxygen atoms in total. The number of rotatable bonds is 17. The van der Waals surface area contributed by atoms with Crippen LogP contribution in [0, 0.1) is 5.82 Å². The second-order valence-electron chi connectivity index (χ2n) is 11.1. The van der Waals surface area contributed by atoms with Crippen molar-refractivity contribution in [3.8, 4) is 22.9 Å². The molecule has 0 fully saturated rings. The van der Waals surface area contributed by atoms with Gasteiger partial charge < -0.3 is 24.0 Å². The molecular weight excluding hydrogens is 551 g/mol. The minimum atomic E-state index is -0.586. The van der Waals surface area contributed by atoms with E-state index in [1.165, 1.54) is 75.8 Å². The molecule has 0 saturated heterocycles. The Morgan fingerprint density at radius 3 is 2.14 bits per heavy atom. The smallest absolute Gasteiger partial charge is 0.266 e. The third kappa shape index (κ3) is 8.25. The highest BCUT2D eigenvalue weighted by atomic mass is 19.1. The monoisotopic (exact) mass is 598 g/mol. The van der Waals surface area contributed by atoms with Gasteiger partial charge in [0.25, 0.3) is 5.56 Å². The van der Waals surface area contributed by atoms with E-state index in [1.807, 2.05) is 25.9 Å². The van der Waals surface area contributed by atoms with Crippen LogP contribution < -0.4 is 19.8 Å². The van der Waals surface area contributed by atoms with Gasteiger partial charge >= 0.3 is 0 Å². The zero-order valence-electron chi connectivity index (χ0n) is 26.7. The first-order valence-corrected chi connectivity index (χ1v) is 15.1. The highest BCUT2D eigenvalue weighted by Gasteiger charge is 2.29. The molecule has 0 saturated carbocycles. The summed E-state index contributed by atoms with van der Waals surface area (Å²) in [7, 11) is 8.35. The third-order valence-corrected chi connectivity index (χ3v) is 7.72. The van der Waals surface area contributed by atoms with Crippen LogP contribution >= 0.6 is 0 Å². The molecule has 1 amide bonds. The van der Waals surface area contributed by atoms with E-state index in [1.54, 1.807) is 11.0 Å². The summed E-state index contributed by atoms with van der Waals surface area (Å²) in [5, 5.41) is 0.240. The van der Waals surface area contributed by atoms with Gasteiger partial charge in [-0.15, -0.1) is 0 Å². The third-order valence-electron chi connectivity index (χ3n) is 7.72. The highest BCUT2D eigenvalue weighted by molar-refractivity contribution is 5.89. The zero-order valence-corrected chi connectivity index (χ0v) is 26.7. The van der Waals surface area contributed by atoms with E-state index in [0.717, 1.165) is 19.3 Å². The molecule has 0 aliphatic carbocycles. The molecule has 0 spiro atoms. The number of hydrogen-bond donors (Lipinski definition) is 0. The number of halogens is 1. The Balaban J connectivity index is 2.14. The summed E-state index contributed by atoms with van der Waals surface area (Å²) in [5.74, 6) is 0.786. The first-order chi connectivity index (χ1) is 20.7. The number of unbranched alkanes of at least 4 members (excludes halogenated alkanes) is 6. The number of carbonyl (C=O) groups excluding carboxylic acids is 1. The molecule has 43 heavy (non-hydrogen) atoms.